The summed E-state index contributed by atoms with van der Waals surface area (Å²) >= 11 is 2.97. The molecule has 0 spiro atoms. The molecular formula is C7H5BrN2O4. The van der Waals surface area contributed by atoms with E-state index in [1.54, 1.807) is 0 Å². The quantitative estimate of drug-likeness (QED) is 0.604. The molecule has 0 N–H and O–H groups in total. The van der Waals surface area contributed by atoms with Gasteiger partial charge >= 0.3 is 0 Å². The Hall–Kier alpha value is -1.50. The maximum Gasteiger partial charge on any atom is 0.280 e. The molecule has 0 amide bonds. The highest BCUT2D eigenvalue weighted by molar-refractivity contribution is 9.10. The van der Waals surface area contributed by atoms with Crippen molar-refractivity contribution in [3.8, 4) is 0 Å². The highest BCUT2D eigenvalue weighted by atomic mass is 79.9. The molecule has 0 aromatic heterocycles. The molecule has 1 rings (SSSR count). The smallest absolute Gasteiger partial charge is 0.258 e. The van der Waals surface area contributed by atoms with E-state index in [0.29, 0.717) is 4.47 Å². The third-order valence-electron chi connectivity index (χ3n) is 1.71. The maximum atomic E-state index is 10.5. The van der Waals surface area contributed by atoms with Crippen LogP contribution in [0.25, 0.3) is 0 Å². The zero-order valence-electron chi connectivity index (χ0n) is 7.06. The van der Waals surface area contributed by atoms with Crippen LogP contribution in [0.2, 0.25) is 0 Å². The first-order chi connectivity index (χ1) is 6.43. The van der Waals surface area contributed by atoms with Crippen LogP contribution in [0.15, 0.2) is 16.6 Å². The lowest BCUT2D eigenvalue weighted by Gasteiger charge is -1.99. The van der Waals surface area contributed by atoms with E-state index in [0.717, 1.165) is 0 Å². The largest absolute Gasteiger partial charge is 0.280 e. The van der Waals surface area contributed by atoms with Crippen molar-refractivity contribution in [1.82, 2.24) is 0 Å². The monoisotopic (exact) mass is 260 g/mol. The zero-order valence-corrected chi connectivity index (χ0v) is 8.65. The van der Waals surface area contributed by atoms with Crippen molar-refractivity contribution >= 4 is 27.3 Å². The lowest BCUT2D eigenvalue weighted by atomic mass is 10.1. The summed E-state index contributed by atoms with van der Waals surface area (Å²) in [5.74, 6) is 0. The SMILES string of the molecule is Cc1c([N+](=O)[O-])cc(Br)cc1[N+](=O)[O-]. The van der Waals surface area contributed by atoms with Crippen molar-refractivity contribution in [3.05, 3.63) is 42.4 Å². The Labute approximate surface area is 87.0 Å². The minimum Gasteiger partial charge on any atom is -0.258 e. The fraction of sp³-hybridized carbons (Fsp3) is 0.143. The third-order valence-corrected chi connectivity index (χ3v) is 2.17. The molecule has 74 valence electrons. The van der Waals surface area contributed by atoms with Crippen LogP contribution in [0.1, 0.15) is 5.56 Å². The summed E-state index contributed by atoms with van der Waals surface area (Å²) in [4.78, 5) is 19.7. The van der Waals surface area contributed by atoms with E-state index in [-0.39, 0.29) is 16.9 Å². The summed E-state index contributed by atoms with van der Waals surface area (Å²) in [6.07, 6.45) is 0. The average molecular weight is 261 g/mol. The van der Waals surface area contributed by atoms with Crippen molar-refractivity contribution in [3.63, 3.8) is 0 Å². The predicted octanol–water partition coefficient (Wildman–Crippen LogP) is 2.57. The van der Waals surface area contributed by atoms with Crippen molar-refractivity contribution in [2.24, 2.45) is 0 Å². The van der Waals surface area contributed by atoms with Crippen LogP contribution in [0.3, 0.4) is 0 Å². The standard InChI is InChI=1S/C7H5BrN2O4/c1-4-6(9(11)12)2-5(8)3-7(4)10(13)14/h2-3H,1H3. The van der Waals surface area contributed by atoms with Crippen molar-refractivity contribution in [2.45, 2.75) is 6.92 Å². The normalized spacial score (nSPS) is 9.86. The van der Waals surface area contributed by atoms with Gasteiger partial charge in [-0.3, -0.25) is 20.2 Å². The summed E-state index contributed by atoms with van der Waals surface area (Å²) in [5, 5.41) is 21.0. The second kappa shape index (κ2) is 3.70. The molecule has 0 aliphatic carbocycles. The molecule has 0 saturated heterocycles. The van der Waals surface area contributed by atoms with Gasteiger partial charge in [0.15, 0.2) is 0 Å². The van der Waals surface area contributed by atoms with Gasteiger partial charge in [0.2, 0.25) is 0 Å². The minimum atomic E-state index is -0.646. The van der Waals surface area contributed by atoms with Crippen molar-refractivity contribution in [2.75, 3.05) is 0 Å². The lowest BCUT2D eigenvalue weighted by molar-refractivity contribution is -0.395. The number of nitro groups is 2. The fourth-order valence-corrected chi connectivity index (χ4v) is 1.46. The maximum absolute atomic E-state index is 10.5. The van der Waals surface area contributed by atoms with Crippen molar-refractivity contribution in [1.29, 1.82) is 0 Å². The molecule has 0 aliphatic rings. The molecular weight excluding hydrogens is 256 g/mol. The van der Waals surface area contributed by atoms with E-state index in [2.05, 4.69) is 15.9 Å². The topological polar surface area (TPSA) is 86.3 Å². The van der Waals surface area contributed by atoms with Crippen LogP contribution in [0.5, 0.6) is 0 Å². The lowest BCUT2D eigenvalue weighted by Crippen LogP contribution is -1.97. The molecule has 7 heteroatoms. The Balaban J connectivity index is 3.47. The summed E-state index contributed by atoms with van der Waals surface area (Å²) in [7, 11) is 0. The highest BCUT2D eigenvalue weighted by Crippen LogP contribution is 2.31. The Morgan fingerprint density at radius 3 is 1.79 bits per heavy atom. The van der Waals surface area contributed by atoms with Crippen LogP contribution in [0, 0.1) is 27.2 Å². The van der Waals surface area contributed by atoms with Crippen LogP contribution in [-0.4, -0.2) is 9.85 Å². The third kappa shape index (κ3) is 1.87. The van der Waals surface area contributed by atoms with Gasteiger partial charge in [0.05, 0.1) is 9.85 Å². The number of halogens is 1. The van der Waals surface area contributed by atoms with Gasteiger partial charge in [-0.2, -0.15) is 0 Å². The summed E-state index contributed by atoms with van der Waals surface area (Å²) in [6.45, 7) is 1.35. The fourth-order valence-electron chi connectivity index (χ4n) is 1.03. The van der Waals surface area contributed by atoms with Crippen LogP contribution in [-0.2, 0) is 0 Å². The van der Waals surface area contributed by atoms with Gasteiger partial charge in [-0.05, 0) is 6.92 Å². The second-order valence-electron chi connectivity index (χ2n) is 2.58. The molecule has 1 aromatic rings. The van der Waals surface area contributed by atoms with E-state index in [1.807, 2.05) is 0 Å². The number of hydrogen-bond acceptors (Lipinski definition) is 4. The van der Waals surface area contributed by atoms with Crippen molar-refractivity contribution < 1.29 is 9.85 Å². The molecule has 0 unspecified atom stereocenters. The zero-order chi connectivity index (χ0) is 10.9. The van der Waals surface area contributed by atoms with Gasteiger partial charge in [0.25, 0.3) is 11.4 Å². The first kappa shape index (κ1) is 10.6. The van der Waals surface area contributed by atoms with Crippen LogP contribution >= 0.6 is 15.9 Å². The molecule has 14 heavy (non-hydrogen) atoms. The van der Waals surface area contributed by atoms with E-state index in [1.165, 1.54) is 19.1 Å². The summed E-state index contributed by atoms with van der Waals surface area (Å²) in [6, 6.07) is 2.48. The van der Waals surface area contributed by atoms with Crippen LogP contribution in [0.4, 0.5) is 11.4 Å². The Morgan fingerprint density at radius 1 is 1.14 bits per heavy atom. The van der Waals surface area contributed by atoms with E-state index < -0.39 is 9.85 Å². The van der Waals surface area contributed by atoms with Gasteiger partial charge in [0.1, 0.15) is 5.56 Å². The molecule has 0 radical (unpaired) electrons. The van der Waals surface area contributed by atoms with Crippen LogP contribution < -0.4 is 0 Å². The number of nitrogens with zero attached hydrogens (tertiary/aromatic N) is 2. The van der Waals surface area contributed by atoms with E-state index >= 15 is 0 Å². The highest BCUT2D eigenvalue weighted by Gasteiger charge is 2.22. The summed E-state index contributed by atoms with van der Waals surface area (Å²) in [5.41, 5.74) is -0.458. The summed E-state index contributed by atoms with van der Waals surface area (Å²) < 4.78 is 0.321. The second-order valence-corrected chi connectivity index (χ2v) is 3.50. The first-order valence-corrected chi connectivity index (χ1v) is 4.31. The molecule has 1 aromatic carbocycles. The molecule has 6 nitrogen and oxygen atoms in total. The number of nitro benzene ring substituents is 2. The number of benzene rings is 1. The predicted molar refractivity (Wildman–Crippen MR) is 52.2 cm³/mol. The molecule has 0 atom stereocenters. The molecule has 0 saturated carbocycles. The van der Waals surface area contributed by atoms with Gasteiger partial charge in [-0.25, -0.2) is 0 Å². The molecule has 0 bridgehead atoms. The van der Waals surface area contributed by atoms with Gasteiger partial charge in [-0.1, -0.05) is 15.9 Å². The number of rotatable bonds is 2. The molecule has 0 heterocycles. The Morgan fingerprint density at radius 2 is 1.50 bits per heavy atom. The van der Waals surface area contributed by atoms with E-state index in [9.17, 15) is 20.2 Å². The Bertz CT molecular complexity index is 383. The Kier molecular flexibility index (Phi) is 2.80. The molecule has 0 fully saturated rings. The number of hydrogen-bond donors (Lipinski definition) is 0. The minimum absolute atomic E-state index is 0.0585. The first-order valence-electron chi connectivity index (χ1n) is 3.52. The van der Waals surface area contributed by atoms with E-state index in [4.69, 9.17) is 0 Å². The molecule has 0 aliphatic heterocycles. The average Bonchev–Trinajstić information content (AvgIpc) is 2.07. The van der Waals surface area contributed by atoms with Gasteiger partial charge in [0, 0.05) is 16.6 Å². The van der Waals surface area contributed by atoms with Gasteiger partial charge in [-0.15, -0.1) is 0 Å². The van der Waals surface area contributed by atoms with Gasteiger partial charge < -0.3 is 0 Å².